The smallest absolute Gasteiger partial charge is 0.356 e. The Kier molecular flexibility index (Phi) is 3.35. The minimum Gasteiger partial charge on any atom is -0.464 e. The van der Waals surface area contributed by atoms with Gasteiger partial charge in [0.15, 0.2) is 5.69 Å². The molecule has 0 bridgehead atoms. The summed E-state index contributed by atoms with van der Waals surface area (Å²) in [5.41, 5.74) is 1.27. The second kappa shape index (κ2) is 4.63. The van der Waals surface area contributed by atoms with Crippen molar-refractivity contribution in [2.75, 3.05) is 7.11 Å². The van der Waals surface area contributed by atoms with E-state index in [1.165, 1.54) is 7.11 Å². The molecule has 0 N–H and O–H groups in total. The molecule has 0 aliphatic carbocycles. The molecule has 17 heavy (non-hydrogen) atoms. The number of methoxy groups -OCH3 is 1. The number of nitrogens with zero attached hydrogens (tertiary/aromatic N) is 1. The first-order valence-corrected chi connectivity index (χ1v) is 6.05. The standard InChI is InChI=1S/C12H9BrClNO2/c1-6-3-4-7-5-8(12(16)17-2)15-11(14)9(7)10(6)13/h3-5H,1-2H3. The zero-order valence-electron chi connectivity index (χ0n) is 9.25. The predicted octanol–water partition coefficient (Wildman–Crippen LogP) is 3.75. The second-order valence-electron chi connectivity index (χ2n) is 3.58. The quantitative estimate of drug-likeness (QED) is 0.594. The van der Waals surface area contributed by atoms with E-state index in [4.69, 9.17) is 11.6 Å². The Morgan fingerprint density at radius 3 is 2.82 bits per heavy atom. The normalized spacial score (nSPS) is 10.6. The fraction of sp³-hybridized carbons (Fsp3) is 0.167. The van der Waals surface area contributed by atoms with Gasteiger partial charge in [0.05, 0.1) is 7.11 Å². The van der Waals surface area contributed by atoms with E-state index >= 15 is 0 Å². The van der Waals surface area contributed by atoms with Gasteiger partial charge in [-0.25, -0.2) is 9.78 Å². The molecular weight excluding hydrogens is 305 g/mol. The van der Waals surface area contributed by atoms with Crippen LogP contribution in [-0.4, -0.2) is 18.1 Å². The zero-order chi connectivity index (χ0) is 12.6. The summed E-state index contributed by atoms with van der Waals surface area (Å²) in [6.07, 6.45) is 0. The fourth-order valence-electron chi connectivity index (χ4n) is 1.58. The van der Waals surface area contributed by atoms with Crippen molar-refractivity contribution < 1.29 is 9.53 Å². The Morgan fingerprint density at radius 2 is 2.18 bits per heavy atom. The predicted molar refractivity (Wildman–Crippen MR) is 70.5 cm³/mol. The van der Waals surface area contributed by atoms with Crippen molar-refractivity contribution >= 4 is 44.3 Å². The van der Waals surface area contributed by atoms with Gasteiger partial charge in [0.25, 0.3) is 0 Å². The molecule has 88 valence electrons. The molecule has 2 rings (SSSR count). The lowest BCUT2D eigenvalue weighted by Gasteiger charge is -2.07. The van der Waals surface area contributed by atoms with E-state index in [-0.39, 0.29) is 5.69 Å². The van der Waals surface area contributed by atoms with Crippen LogP contribution in [0.2, 0.25) is 5.15 Å². The first-order chi connectivity index (χ1) is 8.04. The van der Waals surface area contributed by atoms with Gasteiger partial charge in [-0.15, -0.1) is 0 Å². The Morgan fingerprint density at radius 1 is 1.47 bits per heavy atom. The number of carbonyl (C=O) groups excluding carboxylic acids is 1. The molecule has 0 radical (unpaired) electrons. The van der Waals surface area contributed by atoms with Crippen molar-refractivity contribution in [3.8, 4) is 0 Å². The van der Waals surface area contributed by atoms with Gasteiger partial charge in [0, 0.05) is 9.86 Å². The van der Waals surface area contributed by atoms with Gasteiger partial charge in [-0.1, -0.05) is 23.7 Å². The van der Waals surface area contributed by atoms with Gasteiger partial charge in [-0.2, -0.15) is 0 Å². The number of hydrogen-bond donors (Lipinski definition) is 0. The van der Waals surface area contributed by atoms with Crippen LogP contribution in [-0.2, 0) is 4.74 Å². The summed E-state index contributed by atoms with van der Waals surface area (Å²) in [6, 6.07) is 5.51. The van der Waals surface area contributed by atoms with E-state index in [1.54, 1.807) is 6.07 Å². The lowest BCUT2D eigenvalue weighted by molar-refractivity contribution is 0.0594. The SMILES string of the molecule is COC(=O)c1cc2ccc(C)c(Br)c2c(Cl)n1. The van der Waals surface area contributed by atoms with E-state index in [0.29, 0.717) is 5.15 Å². The maximum Gasteiger partial charge on any atom is 0.356 e. The van der Waals surface area contributed by atoms with Gasteiger partial charge in [0.2, 0.25) is 0 Å². The van der Waals surface area contributed by atoms with Gasteiger partial charge < -0.3 is 4.74 Å². The van der Waals surface area contributed by atoms with Crippen molar-refractivity contribution in [1.82, 2.24) is 4.98 Å². The molecule has 0 saturated carbocycles. The molecule has 1 aromatic carbocycles. The van der Waals surface area contributed by atoms with Crippen LogP contribution in [0, 0.1) is 6.92 Å². The summed E-state index contributed by atoms with van der Waals surface area (Å²) in [7, 11) is 1.31. The van der Waals surface area contributed by atoms with E-state index < -0.39 is 5.97 Å². The molecule has 0 saturated heterocycles. The Hall–Kier alpha value is -1.13. The second-order valence-corrected chi connectivity index (χ2v) is 4.74. The highest BCUT2D eigenvalue weighted by Crippen LogP contribution is 2.32. The van der Waals surface area contributed by atoms with Crippen LogP contribution in [0.5, 0.6) is 0 Å². The summed E-state index contributed by atoms with van der Waals surface area (Å²) in [5.74, 6) is -0.495. The minimum absolute atomic E-state index is 0.209. The monoisotopic (exact) mass is 313 g/mol. The molecule has 2 aromatic rings. The van der Waals surface area contributed by atoms with E-state index in [1.807, 2.05) is 19.1 Å². The van der Waals surface area contributed by atoms with Gasteiger partial charge >= 0.3 is 5.97 Å². The molecule has 0 unspecified atom stereocenters. The molecule has 1 aromatic heterocycles. The van der Waals surface area contributed by atoms with Crippen molar-refractivity contribution in [2.24, 2.45) is 0 Å². The third-order valence-corrected chi connectivity index (χ3v) is 3.77. The molecule has 0 aliphatic rings. The number of ether oxygens (including phenoxy) is 1. The van der Waals surface area contributed by atoms with Crippen LogP contribution in [0.15, 0.2) is 22.7 Å². The Bertz CT molecular complexity index is 613. The van der Waals surface area contributed by atoms with Gasteiger partial charge in [-0.05, 0) is 39.9 Å². The zero-order valence-corrected chi connectivity index (χ0v) is 11.6. The molecular formula is C12H9BrClNO2. The summed E-state index contributed by atoms with van der Waals surface area (Å²) in [5, 5.41) is 1.95. The first-order valence-electron chi connectivity index (χ1n) is 4.88. The molecule has 5 heteroatoms. The summed E-state index contributed by atoms with van der Waals surface area (Å²) < 4.78 is 5.51. The Balaban J connectivity index is 2.76. The van der Waals surface area contributed by atoms with Crippen LogP contribution < -0.4 is 0 Å². The molecule has 0 spiro atoms. The summed E-state index contributed by atoms with van der Waals surface area (Å²) in [6.45, 7) is 1.97. The number of fused-ring (bicyclic) bond motifs is 1. The summed E-state index contributed by atoms with van der Waals surface area (Å²) in [4.78, 5) is 15.4. The van der Waals surface area contributed by atoms with Crippen LogP contribution in [0.3, 0.4) is 0 Å². The van der Waals surface area contributed by atoms with Crippen LogP contribution in [0.1, 0.15) is 16.1 Å². The molecule has 0 atom stereocenters. The van der Waals surface area contributed by atoms with E-state index in [9.17, 15) is 4.79 Å². The number of halogens is 2. The molecule has 0 fully saturated rings. The molecule has 0 amide bonds. The van der Waals surface area contributed by atoms with Crippen molar-refractivity contribution in [3.63, 3.8) is 0 Å². The minimum atomic E-state index is -0.495. The number of aromatic nitrogens is 1. The fourth-order valence-corrected chi connectivity index (χ4v) is 2.53. The topological polar surface area (TPSA) is 39.2 Å². The van der Waals surface area contributed by atoms with Crippen molar-refractivity contribution in [2.45, 2.75) is 6.92 Å². The lowest BCUT2D eigenvalue weighted by Crippen LogP contribution is -2.04. The highest BCUT2D eigenvalue weighted by molar-refractivity contribution is 9.10. The largest absolute Gasteiger partial charge is 0.464 e. The van der Waals surface area contributed by atoms with Crippen LogP contribution in [0.4, 0.5) is 0 Å². The number of carbonyl (C=O) groups is 1. The highest BCUT2D eigenvalue weighted by atomic mass is 79.9. The average Bonchev–Trinajstić information content (AvgIpc) is 2.32. The van der Waals surface area contributed by atoms with Crippen LogP contribution >= 0.6 is 27.5 Å². The van der Waals surface area contributed by atoms with Gasteiger partial charge in [0.1, 0.15) is 5.15 Å². The van der Waals surface area contributed by atoms with Crippen molar-refractivity contribution in [3.05, 3.63) is 39.1 Å². The lowest BCUT2D eigenvalue weighted by atomic mass is 10.1. The van der Waals surface area contributed by atoms with Crippen molar-refractivity contribution in [1.29, 1.82) is 0 Å². The molecule has 1 heterocycles. The number of aryl methyl sites for hydroxylation is 1. The molecule has 3 nitrogen and oxygen atoms in total. The third-order valence-electron chi connectivity index (χ3n) is 2.48. The van der Waals surface area contributed by atoms with Gasteiger partial charge in [-0.3, -0.25) is 0 Å². The third kappa shape index (κ3) is 2.15. The number of hydrogen-bond acceptors (Lipinski definition) is 3. The maximum absolute atomic E-state index is 11.4. The number of pyridine rings is 1. The Labute approximate surface area is 112 Å². The number of benzene rings is 1. The summed E-state index contributed by atoms with van der Waals surface area (Å²) >= 11 is 9.56. The van der Waals surface area contributed by atoms with E-state index in [2.05, 4.69) is 25.7 Å². The number of esters is 1. The maximum atomic E-state index is 11.4. The average molecular weight is 315 g/mol. The number of rotatable bonds is 1. The van der Waals surface area contributed by atoms with E-state index in [0.717, 1.165) is 20.8 Å². The highest BCUT2D eigenvalue weighted by Gasteiger charge is 2.13. The first kappa shape index (κ1) is 12.3. The molecule has 0 aliphatic heterocycles. The van der Waals surface area contributed by atoms with Crippen LogP contribution in [0.25, 0.3) is 10.8 Å².